The molecule has 11 rings (SSSR count). The maximum Gasteiger partial charge on any atom is 0.167 e. The number of hydrogen-bond acceptors (Lipinski definition) is 5. The summed E-state index contributed by atoms with van der Waals surface area (Å²) < 4.78 is 15.9. The number of fused-ring (bicyclic) bond motifs is 10. The molecule has 0 amide bonds. The van der Waals surface area contributed by atoms with Gasteiger partial charge < -0.3 is 13.7 Å². The van der Waals surface area contributed by atoms with Gasteiger partial charge in [-0.3, -0.25) is 16.0 Å². The molecule has 3 N–H and O–H groups in total. The molecule has 6 aromatic carbocycles. The molecule has 51 heavy (non-hydrogen) atoms. The Morgan fingerprint density at radius 1 is 0.569 bits per heavy atom. The number of furan rings is 1. The van der Waals surface area contributed by atoms with E-state index in [0.29, 0.717) is 0 Å². The van der Waals surface area contributed by atoms with E-state index in [1.165, 1.54) is 32.9 Å². The van der Waals surface area contributed by atoms with Gasteiger partial charge in [-0.1, -0.05) is 133 Å². The Balaban J connectivity index is 0.987. The highest BCUT2D eigenvalue weighted by atomic mass is 16.5. The number of nitrogens with one attached hydrogen (secondary N) is 3. The van der Waals surface area contributed by atoms with E-state index in [2.05, 4.69) is 172 Å². The minimum atomic E-state index is -0.210. The molecule has 2 aromatic heterocycles. The number of para-hydroxylation sites is 3. The number of ether oxygens (including phenoxy) is 1. The van der Waals surface area contributed by atoms with Crippen LogP contribution in [0.15, 0.2) is 156 Å². The fourth-order valence-corrected chi connectivity index (χ4v) is 8.53. The van der Waals surface area contributed by atoms with Crippen LogP contribution in [0.5, 0.6) is 5.75 Å². The zero-order chi connectivity index (χ0) is 33.5. The predicted molar refractivity (Wildman–Crippen MR) is 203 cm³/mol. The van der Waals surface area contributed by atoms with Gasteiger partial charge in [-0.15, -0.1) is 0 Å². The summed E-state index contributed by atoms with van der Waals surface area (Å²) in [6, 6.07) is 51.5. The molecule has 1 saturated heterocycles. The molecule has 0 saturated carbocycles. The summed E-state index contributed by atoms with van der Waals surface area (Å²) in [4.78, 5) is 0. The third-order valence-corrected chi connectivity index (χ3v) is 10.9. The zero-order valence-corrected chi connectivity index (χ0v) is 27.7. The lowest BCUT2D eigenvalue weighted by Gasteiger charge is -2.40. The van der Waals surface area contributed by atoms with Gasteiger partial charge in [-0.25, -0.2) is 0 Å². The standard InChI is InChI=1S/C45H34N4O2/c1-3-12-27(13-4-1)30-18-11-19-33-34-23-24-35-36-26-29(22-25-39(36)50-41(35)42(34)51-40(30)33)44-46-43(28-14-5-2-6-15-28)47-45(48-44)49-37-20-9-7-16-31(37)32-17-8-10-21-38(32)49/h1-26,34,42-48H. The van der Waals surface area contributed by atoms with E-state index >= 15 is 0 Å². The van der Waals surface area contributed by atoms with Crippen molar-refractivity contribution >= 4 is 38.9 Å². The number of rotatable bonds is 4. The van der Waals surface area contributed by atoms with Gasteiger partial charge in [0.25, 0.3) is 0 Å². The first-order chi connectivity index (χ1) is 25.3. The van der Waals surface area contributed by atoms with E-state index < -0.39 is 0 Å². The third kappa shape index (κ3) is 4.47. The Bertz CT molecular complexity index is 2590. The fourth-order valence-electron chi connectivity index (χ4n) is 8.53. The van der Waals surface area contributed by atoms with Crippen molar-refractivity contribution in [1.29, 1.82) is 0 Å². The molecule has 3 aliphatic rings. The third-order valence-electron chi connectivity index (χ3n) is 10.9. The summed E-state index contributed by atoms with van der Waals surface area (Å²) >= 11 is 0. The summed E-state index contributed by atoms with van der Waals surface area (Å²) in [6.45, 7) is 0. The summed E-state index contributed by atoms with van der Waals surface area (Å²) in [6.07, 6.45) is 3.87. The van der Waals surface area contributed by atoms with Crippen molar-refractivity contribution in [2.75, 3.05) is 0 Å². The first kappa shape index (κ1) is 28.9. The monoisotopic (exact) mass is 662 g/mol. The van der Waals surface area contributed by atoms with Crippen LogP contribution in [0, 0.1) is 0 Å². The van der Waals surface area contributed by atoms with E-state index in [4.69, 9.17) is 9.15 Å². The lowest BCUT2D eigenvalue weighted by molar-refractivity contribution is 0.161. The number of benzene rings is 6. The topological polar surface area (TPSA) is 63.4 Å². The van der Waals surface area contributed by atoms with Gasteiger partial charge in [0.05, 0.1) is 29.3 Å². The van der Waals surface area contributed by atoms with Crippen LogP contribution in [0.4, 0.5) is 0 Å². The largest absolute Gasteiger partial charge is 0.481 e. The highest BCUT2D eigenvalue weighted by Gasteiger charge is 2.41. The van der Waals surface area contributed by atoms with Gasteiger partial charge in [0.15, 0.2) is 11.9 Å². The Morgan fingerprint density at radius 3 is 2.02 bits per heavy atom. The van der Waals surface area contributed by atoms with Crippen molar-refractivity contribution in [2.24, 2.45) is 0 Å². The maximum atomic E-state index is 6.81. The lowest BCUT2D eigenvalue weighted by atomic mass is 9.86. The van der Waals surface area contributed by atoms with Crippen LogP contribution >= 0.6 is 0 Å². The van der Waals surface area contributed by atoms with Gasteiger partial charge >= 0.3 is 0 Å². The van der Waals surface area contributed by atoms with Crippen molar-refractivity contribution in [3.63, 3.8) is 0 Å². The molecule has 5 atom stereocenters. The van der Waals surface area contributed by atoms with Gasteiger partial charge in [0, 0.05) is 32.8 Å². The number of aromatic nitrogens is 1. The predicted octanol–water partition coefficient (Wildman–Crippen LogP) is 10.1. The van der Waals surface area contributed by atoms with Gasteiger partial charge in [-0.2, -0.15) is 0 Å². The summed E-state index contributed by atoms with van der Waals surface area (Å²) in [7, 11) is 0. The van der Waals surface area contributed by atoms with E-state index in [9.17, 15) is 0 Å². The highest BCUT2D eigenvalue weighted by Crippen LogP contribution is 2.54. The Morgan fingerprint density at radius 2 is 1.25 bits per heavy atom. The van der Waals surface area contributed by atoms with Crippen molar-refractivity contribution in [3.8, 4) is 16.9 Å². The van der Waals surface area contributed by atoms with Crippen molar-refractivity contribution in [1.82, 2.24) is 20.5 Å². The molecule has 6 heteroatoms. The zero-order valence-electron chi connectivity index (χ0n) is 27.7. The highest BCUT2D eigenvalue weighted by molar-refractivity contribution is 6.08. The molecule has 1 fully saturated rings. The molecule has 5 unspecified atom stereocenters. The average molecular weight is 663 g/mol. The molecule has 0 spiro atoms. The molecular formula is C45H34N4O2. The molecule has 0 radical (unpaired) electrons. The van der Waals surface area contributed by atoms with Crippen LogP contribution < -0.4 is 20.7 Å². The van der Waals surface area contributed by atoms with Gasteiger partial charge in [0.2, 0.25) is 0 Å². The molecule has 2 aliphatic heterocycles. The summed E-state index contributed by atoms with van der Waals surface area (Å²) in [5.74, 6) is 1.94. The molecular weight excluding hydrogens is 629 g/mol. The number of hydrogen-bond donors (Lipinski definition) is 3. The minimum Gasteiger partial charge on any atom is -0.481 e. The second kappa shape index (κ2) is 11.3. The molecule has 8 aromatic rings. The smallest absolute Gasteiger partial charge is 0.167 e. The van der Waals surface area contributed by atoms with Crippen molar-refractivity contribution in [3.05, 3.63) is 180 Å². The second-order valence-corrected chi connectivity index (χ2v) is 13.7. The molecule has 1 aliphatic carbocycles. The molecule has 0 bridgehead atoms. The Hall–Kier alpha value is -5.92. The normalized spacial score (nSPS) is 22.2. The number of nitrogens with zero attached hydrogens (tertiary/aromatic N) is 1. The Labute approximate surface area is 295 Å². The average Bonchev–Trinajstić information content (AvgIpc) is 3.88. The fraction of sp³-hybridized carbons (Fsp3) is 0.111. The van der Waals surface area contributed by atoms with Crippen molar-refractivity contribution in [2.45, 2.75) is 30.6 Å². The van der Waals surface area contributed by atoms with Crippen molar-refractivity contribution < 1.29 is 9.15 Å². The SMILES string of the molecule is C1=CC2c3cccc(-c4ccccc4)c3OC2c2oc3ccc(C4NC(c5ccccc5)NC(n5c6ccccc6c6ccccc65)N4)cc3c21. The van der Waals surface area contributed by atoms with Crippen LogP contribution in [0.25, 0.3) is 50.0 Å². The minimum absolute atomic E-state index is 0.0961. The summed E-state index contributed by atoms with van der Waals surface area (Å²) in [5.41, 5.74) is 10.1. The van der Waals surface area contributed by atoms with E-state index in [1.54, 1.807) is 0 Å². The maximum absolute atomic E-state index is 6.81. The molecule has 246 valence electrons. The van der Waals surface area contributed by atoms with E-state index in [0.717, 1.165) is 44.7 Å². The van der Waals surface area contributed by atoms with Crippen LogP contribution in [0.2, 0.25) is 0 Å². The first-order valence-corrected chi connectivity index (χ1v) is 17.7. The van der Waals surface area contributed by atoms with Crippen LogP contribution in [-0.4, -0.2) is 4.57 Å². The van der Waals surface area contributed by atoms with E-state index in [1.807, 2.05) is 6.07 Å². The van der Waals surface area contributed by atoms with Gasteiger partial charge in [0.1, 0.15) is 17.6 Å². The Kier molecular flexibility index (Phi) is 6.40. The summed E-state index contributed by atoms with van der Waals surface area (Å²) in [5, 5.41) is 15.3. The quantitative estimate of drug-likeness (QED) is 0.175. The molecule has 4 heterocycles. The first-order valence-electron chi connectivity index (χ1n) is 17.7. The van der Waals surface area contributed by atoms with Crippen LogP contribution in [-0.2, 0) is 0 Å². The van der Waals surface area contributed by atoms with E-state index in [-0.39, 0.29) is 30.6 Å². The second-order valence-electron chi connectivity index (χ2n) is 13.7. The van der Waals surface area contributed by atoms with Crippen LogP contribution in [0.1, 0.15) is 58.7 Å². The molecule has 6 nitrogen and oxygen atoms in total. The van der Waals surface area contributed by atoms with Gasteiger partial charge in [-0.05, 0) is 41.0 Å². The lowest BCUT2D eigenvalue weighted by Crippen LogP contribution is -2.56. The van der Waals surface area contributed by atoms with Crippen LogP contribution in [0.3, 0.4) is 0 Å².